The first-order chi connectivity index (χ1) is 17.2. The molecule has 1 aliphatic rings. The zero-order chi connectivity index (χ0) is 24.0. The molecule has 0 spiro atoms. The summed E-state index contributed by atoms with van der Waals surface area (Å²) in [6, 6.07) is 25.2. The normalized spacial score (nSPS) is 14.5. The number of nitrogens with one attached hydrogen (secondary N) is 2. The van der Waals surface area contributed by atoms with Crippen molar-refractivity contribution >= 4 is 34.5 Å². The Labute approximate surface area is 204 Å². The number of aromatic amines is 1. The lowest BCUT2D eigenvalue weighted by molar-refractivity contribution is -0.111. The van der Waals surface area contributed by atoms with Crippen molar-refractivity contribution in [3.8, 4) is 0 Å². The van der Waals surface area contributed by atoms with Crippen LogP contribution in [0.25, 0.3) is 17.0 Å². The predicted molar refractivity (Wildman–Crippen MR) is 138 cm³/mol. The molecule has 5 rings (SSSR count). The van der Waals surface area contributed by atoms with Gasteiger partial charge in [0.1, 0.15) is 0 Å². The Bertz CT molecular complexity index is 1350. The molecule has 176 valence electrons. The van der Waals surface area contributed by atoms with Crippen LogP contribution in [0.15, 0.2) is 84.9 Å². The van der Waals surface area contributed by atoms with Gasteiger partial charge < -0.3 is 10.2 Å². The monoisotopic (exact) mass is 465 g/mol. The molecule has 7 nitrogen and oxygen atoms in total. The second-order valence-corrected chi connectivity index (χ2v) is 8.61. The molecule has 1 saturated heterocycles. The maximum absolute atomic E-state index is 13.1. The van der Waals surface area contributed by atoms with E-state index in [2.05, 4.69) is 44.7 Å². The average molecular weight is 466 g/mol. The third-order valence-corrected chi connectivity index (χ3v) is 6.18. The number of benzene rings is 3. The van der Waals surface area contributed by atoms with Crippen LogP contribution in [0.2, 0.25) is 0 Å². The minimum absolute atomic E-state index is 0.0148. The first kappa shape index (κ1) is 22.6. The summed E-state index contributed by atoms with van der Waals surface area (Å²) >= 11 is 0. The van der Waals surface area contributed by atoms with Gasteiger partial charge in [-0.15, -0.1) is 0 Å². The number of anilines is 1. The van der Waals surface area contributed by atoms with Gasteiger partial charge in [0.25, 0.3) is 5.91 Å². The lowest BCUT2D eigenvalue weighted by Crippen LogP contribution is -2.48. The van der Waals surface area contributed by atoms with E-state index in [4.69, 9.17) is 0 Å². The predicted octanol–water partition coefficient (Wildman–Crippen LogP) is 4.17. The molecule has 4 aromatic rings. The summed E-state index contributed by atoms with van der Waals surface area (Å²) in [5.74, 6) is -0.296. The molecule has 0 bridgehead atoms. The van der Waals surface area contributed by atoms with E-state index in [1.165, 1.54) is 11.6 Å². The summed E-state index contributed by atoms with van der Waals surface area (Å²) in [5.41, 5.74) is 4.05. The van der Waals surface area contributed by atoms with Crippen LogP contribution in [0, 0.1) is 0 Å². The van der Waals surface area contributed by atoms with Gasteiger partial charge in [-0.3, -0.25) is 19.6 Å². The van der Waals surface area contributed by atoms with Gasteiger partial charge in [0.15, 0.2) is 0 Å². The van der Waals surface area contributed by atoms with Crippen molar-refractivity contribution in [3.63, 3.8) is 0 Å². The van der Waals surface area contributed by atoms with Crippen molar-refractivity contribution in [1.82, 2.24) is 20.0 Å². The van der Waals surface area contributed by atoms with Gasteiger partial charge in [0, 0.05) is 55.4 Å². The van der Waals surface area contributed by atoms with Crippen LogP contribution in [-0.4, -0.2) is 58.0 Å². The Morgan fingerprint density at radius 1 is 0.914 bits per heavy atom. The summed E-state index contributed by atoms with van der Waals surface area (Å²) < 4.78 is 0. The van der Waals surface area contributed by atoms with Crippen LogP contribution >= 0.6 is 0 Å². The van der Waals surface area contributed by atoms with Crippen molar-refractivity contribution in [1.29, 1.82) is 0 Å². The number of hydrogen-bond acceptors (Lipinski definition) is 4. The highest BCUT2D eigenvalue weighted by Gasteiger charge is 2.22. The van der Waals surface area contributed by atoms with E-state index in [1.54, 1.807) is 30.3 Å². The molecule has 0 radical (unpaired) electrons. The highest BCUT2D eigenvalue weighted by molar-refractivity contribution is 6.04. The lowest BCUT2D eigenvalue weighted by Gasteiger charge is -2.34. The smallest absolute Gasteiger partial charge is 0.254 e. The third kappa shape index (κ3) is 5.47. The molecule has 2 heterocycles. The van der Waals surface area contributed by atoms with Crippen molar-refractivity contribution in [2.24, 2.45) is 0 Å². The molecule has 0 aliphatic carbocycles. The zero-order valence-electron chi connectivity index (χ0n) is 19.4. The number of piperazine rings is 1. The maximum atomic E-state index is 13.1. The second-order valence-electron chi connectivity index (χ2n) is 8.61. The zero-order valence-corrected chi connectivity index (χ0v) is 19.4. The molecule has 7 heteroatoms. The Hall–Kier alpha value is -4.23. The maximum Gasteiger partial charge on any atom is 0.254 e. The van der Waals surface area contributed by atoms with Gasteiger partial charge in [0.2, 0.25) is 5.91 Å². The molecule has 2 amide bonds. The summed E-state index contributed by atoms with van der Waals surface area (Å²) in [6.45, 7) is 3.94. The van der Waals surface area contributed by atoms with Gasteiger partial charge >= 0.3 is 0 Å². The fraction of sp³-hybridized carbons (Fsp3) is 0.179. The fourth-order valence-electron chi connectivity index (χ4n) is 4.31. The molecule has 0 unspecified atom stereocenters. The Kier molecular flexibility index (Phi) is 6.68. The van der Waals surface area contributed by atoms with E-state index in [0.717, 1.165) is 30.5 Å². The van der Waals surface area contributed by atoms with Crippen molar-refractivity contribution in [3.05, 3.63) is 102 Å². The molecular weight excluding hydrogens is 438 g/mol. The summed E-state index contributed by atoms with van der Waals surface area (Å²) in [4.78, 5) is 29.8. The number of hydrogen-bond donors (Lipinski definition) is 2. The average Bonchev–Trinajstić information content (AvgIpc) is 3.31. The molecule has 2 N–H and O–H groups in total. The van der Waals surface area contributed by atoms with Crippen LogP contribution in [0.1, 0.15) is 21.6 Å². The molecule has 3 aromatic carbocycles. The van der Waals surface area contributed by atoms with Crippen LogP contribution in [0.3, 0.4) is 0 Å². The first-order valence-corrected chi connectivity index (χ1v) is 11.7. The van der Waals surface area contributed by atoms with Crippen LogP contribution in [0.4, 0.5) is 5.69 Å². The minimum atomic E-state index is -0.281. The minimum Gasteiger partial charge on any atom is -0.336 e. The van der Waals surface area contributed by atoms with E-state index in [1.807, 2.05) is 35.2 Å². The molecule has 1 aliphatic heterocycles. The molecule has 0 atom stereocenters. The largest absolute Gasteiger partial charge is 0.336 e. The molecular formula is C28H27N5O2. The Morgan fingerprint density at radius 3 is 2.51 bits per heavy atom. The molecule has 35 heavy (non-hydrogen) atoms. The van der Waals surface area contributed by atoms with E-state index in [0.29, 0.717) is 30.0 Å². The van der Waals surface area contributed by atoms with E-state index in [-0.39, 0.29) is 11.8 Å². The number of rotatable bonds is 6. The van der Waals surface area contributed by atoms with Crippen molar-refractivity contribution in [2.45, 2.75) is 6.54 Å². The van der Waals surface area contributed by atoms with Gasteiger partial charge in [-0.1, -0.05) is 54.6 Å². The highest BCUT2D eigenvalue weighted by Crippen LogP contribution is 2.18. The van der Waals surface area contributed by atoms with E-state index < -0.39 is 0 Å². The Balaban J connectivity index is 1.17. The second kappa shape index (κ2) is 10.4. The van der Waals surface area contributed by atoms with E-state index >= 15 is 0 Å². The molecule has 0 saturated carbocycles. The van der Waals surface area contributed by atoms with Crippen LogP contribution in [-0.2, 0) is 11.3 Å². The number of aromatic nitrogens is 2. The van der Waals surface area contributed by atoms with Gasteiger partial charge in [0.05, 0.1) is 11.2 Å². The number of nitrogens with zero attached hydrogens (tertiary/aromatic N) is 3. The van der Waals surface area contributed by atoms with Gasteiger partial charge in [-0.25, -0.2) is 0 Å². The van der Waals surface area contributed by atoms with Crippen LogP contribution in [0.5, 0.6) is 0 Å². The van der Waals surface area contributed by atoms with Crippen LogP contribution < -0.4 is 5.32 Å². The topological polar surface area (TPSA) is 81.3 Å². The van der Waals surface area contributed by atoms with Gasteiger partial charge in [-0.2, -0.15) is 5.10 Å². The lowest BCUT2D eigenvalue weighted by atomic mass is 10.1. The SMILES string of the molecule is O=C(C=Cc1n[nH]c2ccccc12)Nc1cccc(C(=O)N2CCN(Cc3ccccc3)CC2)c1. The number of amides is 2. The number of fused-ring (bicyclic) bond motifs is 1. The first-order valence-electron chi connectivity index (χ1n) is 11.7. The summed E-state index contributed by atoms with van der Waals surface area (Å²) in [5, 5.41) is 11.0. The number of H-pyrrole nitrogens is 1. The quantitative estimate of drug-likeness (QED) is 0.419. The van der Waals surface area contributed by atoms with Crippen molar-refractivity contribution < 1.29 is 9.59 Å². The molecule has 1 aromatic heterocycles. The number of para-hydroxylation sites is 1. The van der Waals surface area contributed by atoms with Gasteiger partial charge in [-0.05, 0) is 35.9 Å². The Morgan fingerprint density at radius 2 is 1.69 bits per heavy atom. The third-order valence-electron chi connectivity index (χ3n) is 6.18. The number of carbonyl (C=O) groups is 2. The number of carbonyl (C=O) groups excluding carboxylic acids is 2. The summed E-state index contributed by atoms with van der Waals surface area (Å²) in [6.07, 6.45) is 3.13. The van der Waals surface area contributed by atoms with Crippen molar-refractivity contribution in [2.75, 3.05) is 31.5 Å². The molecule has 1 fully saturated rings. The fourth-order valence-corrected chi connectivity index (χ4v) is 4.31. The van der Waals surface area contributed by atoms with E-state index in [9.17, 15) is 9.59 Å². The summed E-state index contributed by atoms with van der Waals surface area (Å²) in [7, 11) is 0. The highest BCUT2D eigenvalue weighted by atomic mass is 16.2. The standard InChI is InChI=1S/C28H27N5O2/c34-27(14-13-26-24-11-4-5-12-25(24)30-31-26)29-23-10-6-9-22(19-23)28(35)33-17-15-32(16-18-33)20-21-7-2-1-3-8-21/h1-14,19H,15-18,20H2,(H,29,34)(H,30,31).